The fraction of sp³-hybridized carbons (Fsp3) is 0.200. The smallest absolute Gasteiger partial charge is 0.311 e. The molecule has 0 aliphatic rings. The van der Waals surface area contributed by atoms with Crippen molar-refractivity contribution in [1.29, 1.82) is 0 Å². The summed E-state index contributed by atoms with van der Waals surface area (Å²) in [7, 11) is 0. The van der Waals surface area contributed by atoms with Crippen LogP contribution in [-0.2, 0) is 0 Å². The number of carbonyl (C=O) groups excluding carboxylic acids is 1. The first-order chi connectivity index (χ1) is 10.9. The Balaban J connectivity index is 2.26. The maximum Gasteiger partial charge on any atom is 0.311 e. The van der Waals surface area contributed by atoms with Crippen LogP contribution in [0.25, 0.3) is 0 Å². The Morgan fingerprint density at radius 3 is 2.74 bits per heavy atom. The van der Waals surface area contributed by atoms with E-state index in [1.807, 2.05) is 0 Å². The summed E-state index contributed by atoms with van der Waals surface area (Å²) in [5.74, 6) is -0.0680. The third-order valence-electron chi connectivity index (χ3n) is 3.09. The van der Waals surface area contributed by atoms with Crippen molar-refractivity contribution in [1.82, 2.24) is 4.98 Å². The molecule has 0 saturated heterocycles. The van der Waals surface area contributed by atoms with Gasteiger partial charge in [0, 0.05) is 11.6 Å². The number of benzene rings is 1. The normalized spacial score (nSPS) is 10.2. The van der Waals surface area contributed by atoms with E-state index < -0.39 is 10.8 Å². The molecule has 0 aliphatic heterocycles. The Bertz CT molecular complexity index is 761. The zero-order chi connectivity index (χ0) is 17.0. The number of ether oxygens (including phenoxy) is 1. The number of nitrogens with one attached hydrogen (secondary N) is 1. The second-order valence-corrected chi connectivity index (χ2v) is 4.70. The number of aromatic nitrogens is 1. The summed E-state index contributed by atoms with van der Waals surface area (Å²) in [6.07, 6.45) is 0. The highest BCUT2D eigenvalue weighted by atomic mass is 16.6. The van der Waals surface area contributed by atoms with Gasteiger partial charge >= 0.3 is 5.69 Å². The van der Waals surface area contributed by atoms with E-state index in [-0.39, 0.29) is 17.0 Å². The Hall–Kier alpha value is -3.16. The molecule has 1 aromatic carbocycles. The molecule has 1 amide bonds. The van der Waals surface area contributed by atoms with Crippen molar-refractivity contribution in [2.75, 3.05) is 17.7 Å². The fourth-order valence-electron chi connectivity index (χ4n) is 1.91. The first-order valence-electron chi connectivity index (χ1n) is 6.88. The third kappa shape index (κ3) is 3.73. The van der Waals surface area contributed by atoms with Gasteiger partial charge in [-0.25, -0.2) is 4.98 Å². The molecular formula is C15H16N4O4. The van der Waals surface area contributed by atoms with Crippen LogP contribution in [0.5, 0.6) is 5.75 Å². The second kappa shape index (κ2) is 6.73. The number of aryl methyl sites for hydroxylation is 1. The zero-order valence-corrected chi connectivity index (χ0v) is 12.7. The molecule has 8 nitrogen and oxygen atoms in total. The van der Waals surface area contributed by atoms with Crippen LogP contribution >= 0.6 is 0 Å². The minimum absolute atomic E-state index is 0.121. The number of nitrogens with two attached hydrogens (primary N) is 1. The minimum Gasteiger partial charge on any atom is -0.487 e. The van der Waals surface area contributed by atoms with Gasteiger partial charge in [-0.1, -0.05) is 0 Å². The zero-order valence-electron chi connectivity index (χ0n) is 12.7. The lowest BCUT2D eigenvalue weighted by Crippen LogP contribution is -2.14. The summed E-state index contributed by atoms with van der Waals surface area (Å²) >= 11 is 0. The third-order valence-corrected chi connectivity index (χ3v) is 3.09. The molecule has 2 rings (SSSR count). The molecule has 3 N–H and O–H groups in total. The Morgan fingerprint density at radius 1 is 1.39 bits per heavy atom. The van der Waals surface area contributed by atoms with Gasteiger partial charge in [0.25, 0.3) is 5.91 Å². The molecule has 0 saturated carbocycles. The van der Waals surface area contributed by atoms with E-state index in [0.29, 0.717) is 23.8 Å². The average Bonchev–Trinajstić information content (AvgIpc) is 2.51. The molecular weight excluding hydrogens is 300 g/mol. The molecule has 0 unspecified atom stereocenters. The first kappa shape index (κ1) is 16.2. The number of hydrogen-bond donors (Lipinski definition) is 2. The number of amides is 1. The number of anilines is 2. The molecule has 0 spiro atoms. The van der Waals surface area contributed by atoms with E-state index in [2.05, 4.69) is 10.3 Å². The van der Waals surface area contributed by atoms with Crippen LogP contribution in [0.3, 0.4) is 0 Å². The largest absolute Gasteiger partial charge is 0.487 e. The number of nitro benzene ring substituents is 1. The Kier molecular flexibility index (Phi) is 4.75. The number of carbonyl (C=O) groups is 1. The van der Waals surface area contributed by atoms with Gasteiger partial charge in [0.2, 0.25) is 0 Å². The van der Waals surface area contributed by atoms with Gasteiger partial charge < -0.3 is 15.8 Å². The quantitative estimate of drug-likeness (QED) is 0.646. The molecule has 23 heavy (non-hydrogen) atoms. The summed E-state index contributed by atoms with van der Waals surface area (Å²) in [5.41, 5.74) is 6.63. The van der Waals surface area contributed by atoms with Gasteiger partial charge in [-0.2, -0.15) is 0 Å². The lowest BCUT2D eigenvalue weighted by atomic mass is 10.1. The number of hydrogen-bond acceptors (Lipinski definition) is 6. The van der Waals surface area contributed by atoms with Crippen molar-refractivity contribution < 1.29 is 14.5 Å². The van der Waals surface area contributed by atoms with Crippen molar-refractivity contribution in [2.24, 2.45) is 0 Å². The topological polar surface area (TPSA) is 120 Å². The van der Waals surface area contributed by atoms with E-state index in [0.717, 1.165) is 0 Å². The summed E-state index contributed by atoms with van der Waals surface area (Å²) in [5, 5.41) is 13.7. The van der Waals surface area contributed by atoms with Gasteiger partial charge in [-0.05, 0) is 38.1 Å². The lowest BCUT2D eigenvalue weighted by Gasteiger charge is -2.08. The number of nitrogen functional groups attached to an aromatic ring is 1. The molecule has 1 heterocycles. The van der Waals surface area contributed by atoms with Crippen LogP contribution in [0.15, 0.2) is 30.3 Å². The molecule has 0 aliphatic carbocycles. The standard InChI is InChI=1S/C15H16N4O4/c1-3-23-13-6-4-10(8-12(13)19(21)22)15(20)18-14-7-5-11(16)9(2)17-14/h4-8H,3,16H2,1-2H3,(H,17,18,20). The van der Waals surface area contributed by atoms with Gasteiger partial charge in [0.1, 0.15) is 5.82 Å². The lowest BCUT2D eigenvalue weighted by molar-refractivity contribution is -0.385. The van der Waals surface area contributed by atoms with Crippen LogP contribution in [0.1, 0.15) is 23.0 Å². The highest BCUT2D eigenvalue weighted by Crippen LogP contribution is 2.28. The highest BCUT2D eigenvalue weighted by Gasteiger charge is 2.19. The number of rotatable bonds is 5. The van der Waals surface area contributed by atoms with E-state index in [4.69, 9.17) is 10.5 Å². The van der Waals surface area contributed by atoms with Gasteiger partial charge in [-0.3, -0.25) is 14.9 Å². The van der Waals surface area contributed by atoms with Crippen LogP contribution in [-0.4, -0.2) is 22.4 Å². The maximum atomic E-state index is 12.2. The van der Waals surface area contributed by atoms with Crippen molar-refractivity contribution in [3.8, 4) is 5.75 Å². The summed E-state index contributed by atoms with van der Waals surface area (Å²) in [4.78, 5) is 26.8. The fourth-order valence-corrected chi connectivity index (χ4v) is 1.91. The van der Waals surface area contributed by atoms with Crippen molar-refractivity contribution in [3.05, 3.63) is 51.7 Å². The van der Waals surface area contributed by atoms with Crippen molar-refractivity contribution >= 4 is 23.1 Å². The van der Waals surface area contributed by atoms with Gasteiger partial charge in [0.05, 0.1) is 22.9 Å². The van der Waals surface area contributed by atoms with Crippen LogP contribution in [0, 0.1) is 17.0 Å². The SMILES string of the molecule is CCOc1ccc(C(=O)Nc2ccc(N)c(C)n2)cc1[N+](=O)[O-]. The number of nitrogens with zero attached hydrogens (tertiary/aromatic N) is 2. The second-order valence-electron chi connectivity index (χ2n) is 4.70. The Labute approximate surface area is 132 Å². The molecule has 0 bridgehead atoms. The van der Waals surface area contributed by atoms with Crippen molar-refractivity contribution in [3.63, 3.8) is 0 Å². The molecule has 0 atom stereocenters. The monoisotopic (exact) mass is 316 g/mol. The molecule has 8 heteroatoms. The van der Waals surface area contributed by atoms with Crippen LogP contribution in [0.2, 0.25) is 0 Å². The minimum atomic E-state index is -0.590. The molecule has 0 fully saturated rings. The average molecular weight is 316 g/mol. The maximum absolute atomic E-state index is 12.2. The van der Waals surface area contributed by atoms with Crippen molar-refractivity contribution in [2.45, 2.75) is 13.8 Å². The highest BCUT2D eigenvalue weighted by molar-refractivity contribution is 6.04. The first-order valence-corrected chi connectivity index (χ1v) is 6.88. The number of pyridine rings is 1. The van der Waals surface area contributed by atoms with Gasteiger partial charge in [-0.15, -0.1) is 0 Å². The van der Waals surface area contributed by atoms with Crippen LogP contribution < -0.4 is 15.8 Å². The van der Waals surface area contributed by atoms with E-state index in [1.165, 1.54) is 18.2 Å². The molecule has 120 valence electrons. The summed E-state index contributed by atoms with van der Waals surface area (Å²) < 4.78 is 5.18. The van der Waals surface area contributed by atoms with E-state index in [9.17, 15) is 14.9 Å². The van der Waals surface area contributed by atoms with Crippen LogP contribution in [0.4, 0.5) is 17.2 Å². The molecule has 2 aromatic rings. The molecule has 1 aromatic heterocycles. The van der Waals surface area contributed by atoms with Gasteiger partial charge in [0.15, 0.2) is 5.75 Å². The Morgan fingerprint density at radius 2 is 2.13 bits per heavy atom. The number of nitro groups is 1. The molecule has 0 radical (unpaired) electrons. The van der Waals surface area contributed by atoms with E-state index in [1.54, 1.807) is 26.0 Å². The van der Waals surface area contributed by atoms with E-state index >= 15 is 0 Å². The summed E-state index contributed by atoms with van der Waals surface area (Å²) in [6.45, 7) is 3.73. The predicted octanol–water partition coefficient (Wildman–Crippen LogP) is 2.53. The summed E-state index contributed by atoms with van der Waals surface area (Å²) in [6, 6.07) is 7.21. The predicted molar refractivity (Wildman–Crippen MR) is 85.6 cm³/mol.